The van der Waals surface area contributed by atoms with Crippen LogP contribution in [-0.4, -0.2) is 17.1 Å². The summed E-state index contributed by atoms with van der Waals surface area (Å²) < 4.78 is 0. The highest BCUT2D eigenvalue weighted by Crippen LogP contribution is 2.07. The first kappa shape index (κ1) is 11.7. The van der Waals surface area contributed by atoms with E-state index in [9.17, 15) is 4.79 Å². The van der Waals surface area contributed by atoms with E-state index in [1.807, 2.05) is 24.3 Å². The van der Waals surface area contributed by atoms with E-state index in [2.05, 4.69) is 0 Å². The van der Waals surface area contributed by atoms with Crippen LogP contribution in [-0.2, 0) is 17.8 Å². The lowest BCUT2D eigenvalue weighted by Crippen LogP contribution is -2.26. The zero-order valence-electron chi connectivity index (χ0n) is 8.52. The number of rotatable bonds is 5. The molecular formula is C11H16N2O2. The van der Waals surface area contributed by atoms with Crippen LogP contribution in [0.3, 0.4) is 0 Å². The molecule has 0 saturated heterocycles. The van der Waals surface area contributed by atoms with Crippen LogP contribution < -0.4 is 11.5 Å². The van der Waals surface area contributed by atoms with Crippen LogP contribution in [0.25, 0.3) is 0 Å². The number of carboxylic acids is 1. The SMILES string of the molecule is NCc1ccc(C[C@@H](N)CC(=O)O)cc1. The van der Waals surface area contributed by atoms with Gasteiger partial charge >= 0.3 is 5.97 Å². The second kappa shape index (κ2) is 5.48. The standard InChI is InChI=1S/C11H16N2O2/c12-7-9-3-1-8(2-4-9)5-10(13)6-11(14)15/h1-4,10H,5-7,12-13H2,(H,14,15)/t10-/m1/s1. The zero-order chi connectivity index (χ0) is 11.3. The average Bonchev–Trinajstić information content (AvgIpc) is 2.17. The number of carboxylic acid groups (broad SMARTS) is 1. The summed E-state index contributed by atoms with van der Waals surface area (Å²) in [4.78, 5) is 10.4. The van der Waals surface area contributed by atoms with Crippen molar-refractivity contribution in [3.63, 3.8) is 0 Å². The maximum atomic E-state index is 10.4. The molecule has 0 amide bonds. The molecule has 0 aromatic heterocycles. The Balaban J connectivity index is 2.53. The van der Waals surface area contributed by atoms with E-state index in [4.69, 9.17) is 16.6 Å². The Morgan fingerprint density at radius 1 is 1.27 bits per heavy atom. The molecule has 0 unspecified atom stereocenters. The summed E-state index contributed by atoms with van der Waals surface area (Å²) in [5.74, 6) is -0.860. The third kappa shape index (κ3) is 4.10. The molecular weight excluding hydrogens is 192 g/mol. The van der Waals surface area contributed by atoms with Gasteiger partial charge in [0.25, 0.3) is 0 Å². The number of hydrogen-bond donors (Lipinski definition) is 3. The fourth-order valence-electron chi connectivity index (χ4n) is 1.41. The van der Waals surface area contributed by atoms with Gasteiger partial charge in [-0.25, -0.2) is 0 Å². The molecule has 0 bridgehead atoms. The minimum absolute atomic E-state index is 0.00135. The number of aliphatic carboxylic acids is 1. The predicted octanol–water partition coefficient (Wildman–Crippen LogP) is 0.490. The van der Waals surface area contributed by atoms with Gasteiger partial charge in [0.2, 0.25) is 0 Å². The van der Waals surface area contributed by atoms with Crippen molar-refractivity contribution in [2.45, 2.75) is 25.4 Å². The molecule has 1 aromatic carbocycles. The van der Waals surface area contributed by atoms with Gasteiger partial charge in [0.05, 0.1) is 6.42 Å². The second-order valence-electron chi connectivity index (χ2n) is 3.58. The lowest BCUT2D eigenvalue weighted by molar-refractivity contribution is -0.137. The summed E-state index contributed by atoms with van der Waals surface area (Å²) in [5.41, 5.74) is 13.2. The second-order valence-corrected chi connectivity index (χ2v) is 3.58. The molecule has 1 atom stereocenters. The van der Waals surface area contributed by atoms with Gasteiger partial charge in [-0.05, 0) is 17.5 Å². The summed E-state index contributed by atoms with van der Waals surface area (Å²) in [6, 6.07) is 7.41. The van der Waals surface area contributed by atoms with E-state index in [1.165, 1.54) is 0 Å². The van der Waals surface area contributed by atoms with Gasteiger partial charge in [0.15, 0.2) is 0 Å². The monoisotopic (exact) mass is 208 g/mol. The first-order valence-corrected chi connectivity index (χ1v) is 4.87. The van der Waals surface area contributed by atoms with Crippen molar-refractivity contribution in [1.29, 1.82) is 0 Å². The Kier molecular flexibility index (Phi) is 4.27. The highest BCUT2D eigenvalue weighted by Gasteiger charge is 2.08. The van der Waals surface area contributed by atoms with Crippen molar-refractivity contribution in [3.8, 4) is 0 Å². The maximum Gasteiger partial charge on any atom is 0.304 e. The predicted molar refractivity (Wildman–Crippen MR) is 58.3 cm³/mol. The Bertz CT molecular complexity index is 322. The molecule has 82 valence electrons. The molecule has 0 fully saturated rings. The lowest BCUT2D eigenvalue weighted by Gasteiger charge is -2.09. The number of hydrogen-bond acceptors (Lipinski definition) is 3. The van der Waals surface area contributed by atoms with Gasteiger partial charge in [-0.3, -0.25) is 4.79 Å². The van der Waals surface area contributed by atoms with Crippen molar-refractivity contribution < 1.29 is 9.90 Å². The van der Waals surface area contributed by atoms with E-state index in [0.29, 0.717) is 13.0 Å². The Labute approximate surface area is 88.9 Å². The fraction of sp³-hybridized carbons (Fsp3) is 0.364. The van der Waals surface area contributed by atoms with Gasteiger partial charge in [0, 0.05) is 12.6 Å². The van der Waals surface area contributed by atoms with Crippen molar-refractivity contribution in [1.82, 2.24) is 0 Å². The van der Waals surface area contributed by atoms with Crippen LogP contribution >= 0.6 is 0 Å². The topological polar surface area (TPSA) is 89.3 Å². The van der Waals surface area contributed by atoms with E-state index in [1.54, 1.807) is 0 Å². The maximum absolute atomic E-state index is 10.4. The van der Waals surface area contributed by atoms with Gasteiger partial charge in [-0.2, -0.15) is 0 Å². The molecule has 1 rings (SSSR count). The fourth-order valence-corrected chi connectivity index (χ4v) is 1.41. The normalized spacial score (nSPS) is 12.4. The third-order valence-electron chi connectivity index (χ3n) is 2.19. The first-order chi connectivity index (χ1) is 7.11. The zero-order valence-corrected chi connectivity index (χ0v) is 8.52. The molecule has 1 aromatic rings. The van der Waals surface area contributed by atoms with Gasteiger partial charge in [0.1, 0.15) is 0 Å². The van der Waals surface area contributed by atoms with Crippen LogP contribution in [0.1, 0.15) is 17.5 Å². The molecule has 0 saturated carbocycles. The van der Waals surface area contributed by atoms with Crippen molar-refractivity contribution >= 4 is 5.97 Å². The number of benzene rings is 1. The Morgan fingerprint density at radius 3 is 2.27 bits per heavy atom. The molecule has 0 aliphatic heterocycles. The summed E-state index contributed by atoms with van der Waals surface area (Å²) in [7, 11) is 0. The molecule has 4 nitrogen and oxygen atoms in total. The van der Waals surface area contributed by atoms with Crippen LogP contribution in [0.2, 0.25) is 0 Å². The van der Waals surface area contributed by atoms with Crippen molar-refractivity contribution in [3.05, 3.63) is 35.4 Å². The Morgan fingerprint density at radius 2 is 1.80 bits per heavy atom. The molecule has 0 spiro atoms. The smallest absolute Gasteiger partial charge is 0.304 e. The van der Waals surface area contributed by atoms with Gasteiger partial charge in [-0.1, -0.05) is 24.3 Å². The molecule has 0 heterocycles. The van der Waals surface area contributed by atoms with Crippen molar-refractivity contribution in [2.24, 2.45) is 11.5 Å². The molecule has 15 heavy (non-hydrogen) atoms. The molecule has 0 aliphatic rings. The summed E-state index contributed by atoms with van der Waals surface area (Å²) in [5, 5.41) is 8.55. The highest BCUT2D eigenvalue weighted by atomic mass is 16.4. The third-order valence-corrected chi connectivity index (χ3v) is 2.19. The van der Waals surface area contributed by atoms with E-state index >= 15 is 0 Å². The first-order valence-electron chi connectivity index (χ1n) is 4.87. The van der Waals surface area contributed by atoms with Crippen LogP contribution in [0.15, 0.2) is 24.3 Å². The summed E-state index contributed by atoms with van der Waals surface area (Å²) in [6.07, 6.45) is 0.579. The van der Waals surface area contributed by atoms with E-state index in [-0.39, 0.29) is 12.5 Å². The lowest BCUT2D eigenvalue weighted by atomic mass is 10.0. The van der Waals surface area contributed by atoms with Crippen LogP contribution in [0.4, 0.5) is 0 Å². The van der Waals surface area contributed by atoms with E-state index in [0.717, 1.165) is 11.1 Å². The average molecular weight is 208 g/mol. The van der Waals surface area contributed by atoms with Crippen LogP contribution in [0.5, 0.6) is 0 Å². The van der Waals surface area contributed by atoms with Crippen molar-refractivity contribution in [2.75, 3.05) is 0 Å². The Hall–Kier alpha value is -1.39. The quantitative estimate of drug-likeness (QED) is 0.657. The van der Waals surface area contributed by atoms with Gasteiger partial charge < -0.3 is 16.6 Å². The molecule has 0 aliphatic carbocycles. The summed E-state index contributed by atoms with van der Waals surface area (Å²) >= 11 is 0. The van der Waals surface area contributed by atoms with Gasteiger partial charge in [-0.15, -0.1) is 0 Å². The molecule has 4 heteroatoms. The summed E-state index contributed by atoms with van der Waals surface area (Å²) in [6.45, 7) is 0.515. The van der Waals surface area contributed by atoms with Crippen LogP contribution in [0, 0.1) is 0 Å². The molecule has 5 N–H and O–H groups in total. The van der Waals surface area contributed by atoms with E-state index < -0.39 is 5.97 Å². The molecule has 0 radical (unpaired) electrons. The largest absolute Gasteiger partial charge is 0.481 e. The highest BCUT2D eigenvalue weighted by molar-refractivity contribution is 5.67. The minimum atomic E-state index is -0.860. The minimum Gasteiger partial charge on any atom is -0.481 e. The number of nitrogens with two attached hydrogens (primary N) is 2. The number of carbonyl (C=O) groups is 1.